The standard InChI is InChI=1S/C17H27N3OS2/c1-3-4-5-7-12(2)11-18-17(22)20-19-16(21)15-10-13-8-6-9-14(13)23-15/h10,12H,3-9,11H2,1-2H3,(H,19,21)(H2,18,20,22)/t12-/m1/s1. The van der Waals surface area contributed by atoms with E-state index in [0.29, 0.717) is 11.0 Å². The normalized spacial score (nSPS) is 14.2. The number of unbranched alkanes of at least 4 members (excludes halogenated alkanes) is 2. The summed E-state index contributed by atoms with van der Waals surface area (Å²) in [7, 11) is 0. The average Bonchev–Trinajstić information content (AvgIpc) is 3.12. The fraction of sp³-hybridized carbons (Fsp3) is 0.647. The SMILES string of the molecule is CCCCC[C@@H](C)CNC(=S)NNC(=O)c1cc2c(s1)CCC2. The molecule has 1 atom stereocenters. The van der Waals surface area contributed by atoms with Gasteiger partial charge in [0, 0.05) is 11.4 Å². The molecule has 1 aromatic rings. The molecule has 4 nitrogen and oxygen atoms in total. The molecule has 0 unspecified atom stereocenters. The summed E-state index contributed by atoms with van der Waals surface area (Å²) in [5.74, 6) is 0.474. The van der Waals surface area contributed by atoms with Crippen molar-refractivity contribution >= 4 is 34.6 Å². The maximum Gasteiger partial charge on any atom is 0.279 e. The molecule has 0 fully saturated rings. The molecule has 23 heavy (non-hydrogen) atoms. The van der Waals surface area contributed by atoms with Gasteiger partial charge in [-0.25, -0.2) is 0 Å². The van der Waals surface area contributed by atoms with Gasteiger partial charge in [0.25, 0.3) is 5.91 Å². The van der Waals surface area contributed by atoms with E-state index in [9.17, 15) is 4.79 Å². The van der Waals surface area contributed by atoms with E-state index in [0.717, 1.165) is 24.3 Å². The topological polar surface area (TPSA) is 53.2 Å². The van der Waals surface area contributed by atoms with Crippen LogP contribution in [-0.4, -0.2) is 17.6 Å². The van der Waals surface area contributed by atoms with Crippen LogP contribution in [0.2, 0.25) is 0 Å². The molecule has 1 aliphatic rings. The lowest BCUT2D eigenvalue weighted by Crippen LogP contribution is -2.47. The maximum absolute atomic E-state index is 12.1. The number of nitrogens with one attached hydrogen (secondary N) is 3. The molecule has 0 radical (unpaired) electrons. The Morgan fingerprint density at radius 1 is 1.35 bits per heavy atom. The second-order valence-corrected chi connectivity index (χ2v) is 7.85. The van der Waals surface area contributed by atoms with E-state index in [1.54, 1.807) is 11.3 Å². The molecule has 128 valence electrons. The summed E-state index contributed by atoms with van der Waals surface area (Å²) in [5, 5.41) is 3.64. The monoisotopic (exact) mass is 353 g/mol. The first-order chi connectivity index (χ1) is 11.1. The molecule has 0 saturated heterocycles. The minimum absolute atomic E-state index is 0.107. The van der Waals surface area contributed by atoms with Crippen LogP contribution in [0.3, 0.4) is 0 Å². The minimum Gasteiger partial charge on any atom is -0.361 e. The number of fused-ring (bicyclic) bond motifs is 1. The van der Waals surface area contributed by atoms with Crippen LogP contribution in [0.25, 0.3) is 0 Å². The molecule has 0 saturated carbocycles. The van der Waals surface area contributed by atoms with Gasteiger partial charge in [-0.3, -0.25) is 15.6 Å². The third-order valence-electron chi connectivity index (χ3n) is 4.17. The summed E-state index contributed by atoms with van der Waals surface area (Å²) in [6.45, 7) is 5.27. The van der Waals surface area contributed by atoms with Crippen molar-refractivity contribution in [2.24, 2.45) is 5.92 Å². The van der Waals surface area contributed by atoms with E-state index in [2.05, 4.69) is 30.0 Å². The highest BCUT2D eigenvalue weighted by Gasteiger charge is 2.18. The van der Waals surface area contributed by atoms with Gasteiger partial charge in [0.15, 0.2) is 5.11 Å². The summed E-state index contributed by atoms with van der Waals surface area (Å²) in [5.41, 5.74) is 6.81. The molecular formula is C17H27N3OS2. The van der Waals surface area contributed by atoms with Crippen molar-refractivity contribution in [3.05, 3.63) is 21.4 Å². The van der Waals surface area contributed by atoms with Gasteiger partial charge in [0.2, 0.25) is 0 Å². The second kappa shape index (κ2) is 9.23. The number of hydrazine groups is 1. The Labute approximate surface area is 148 Å². The van der Waals surface area contributed by atoms with Crippen LogP contribution in [0.15, 0.2) is 6.07 Å². The van der Waals surface area contributed by atoms with Gasteiger partial charge < -0.3 is 5.32 Å². The van der Waals surface area contributed by atoms with E-state index in [-0.39, 0.29) is 5.91 Å². The lowest BCUT2D eigenvalue weighted by atomic mass is 10.0. The molecule has 1 aromatic heterocycles. The largest absolute Gasteiger partial charge is 0.361 e. The van der Waals surface area contributed by atoms with Gasteiger partial charge in [0.05, 0.1) is 4.88 Å². The van der Waals surface area contributed by atoms with Crippen molar-refractivity contribution < 1.29 is 4.79 Å². The number of thiocarbonyl (C=S) groups is 1. The quantitative estimate of drug-likeness (QED) is 0.398. The summed E-state index contributed by atoms with van der Waals surface area (Å²) >= 11 is 6.80. The zero-order valence-corrected chi connectivity index (χ0v) is 15.7. The number of carbonyl (C=O) groups excluding carboxylic acids is 1. The van der Waals surface area contributed by atoms with Crippen molar-refractivity contribution in [1.82, 2.24) is 16.2 Å². The summed E-state index contributed by atoms with van der Waals surface area (Å²) in [6, 6.07) is 2.01. The van der Waals surface area contributed by atoms with E-state index in [1.807, 2.05) is 6.07 Å². The van der Waals surface area contributed by atoms with Gasteiger partial charge in [0.1, 0.15) is 0 Å². The molecule has 0 spiro atoms. The molecule has 0 aromatic carbocycles. The third-order valence-corrected chi connectivity index (χ3v) is 5.65. The molecular weight excluding hydrogens is 326 g/mol. The van der Waals surface area contributed by atoms with Gasteiger partial charge in [-0.1, -0.05) is 33.1 Å². The van der Waals surface area contributed by atoms with Crippen LogP contribution in [-0.2, 0) is 12.8 Å². The van der Waals surface area contributed by atoms with Gasteiger partial charge in [-0.05, 0) is 55.4 Å². The van der Waals surface area contributed by atoms with Crippen LogP contribution in [0.1, 0.15) is 66.1 Å². The Hall–Kier alpha value is -1.14. The highest BCUT2D eigenvalue weighted by Crippen LogP contribution is 2.30. The smallest absolute Gasteiger partial charge is 0.279 e. The van der Waals surface area contributed by atoms with Crippen LogP contribution in [0, 0.1) is 5.92 Å². The number of hydrogen-bond acceptors (Lipinski definition) is 3. The Kier molecular flexibility index (Phi) is 7.30. The van der Waals surface area contributed by atoms with Crippen LogP contribution in [0.5, 0.6) is 0 Å². The van der Waals surface area contributed by atoms with Crippen LogP contribution in [0.4, 0.5) is 0 Å². The number of rotatable bonds is 7. The summed E-state index contributed by atoms with van der Waals surface area (Å²) in [6.07, 6.45) is 8.42. The number of amides is 1. The summed E-state index contributed by atoms with van der Waals surface area (Å²) in [4.78, 5) is 14.2. The predicted molar refractivity (Wildman–Crippen MR) is 101 cm³/mol. The van der Waals surface area contributed by atoms with Crippen molar-refractivity contribution in [1.29, 1.82) is 0 Å². The fourth-order valence-corrected chi connectivity index (χ4v) is 4.06. The highest BCUT2D eigenvalue weighted by atomic mass is 32.1. The van der Waals surface area contributed by atoms with Crippen molar-refractivity contribution in [2.45, 2.75) is 58.8 Å². The molecule has 6 heteroatoms. The Bertz CT molecular complexity index is 520. The second-order valence-electron chi connectivity index (χ2n) is 6.30. The molecule has 0 aliphatic heterocycles. The molecule has 0 bridgehead atoms. The predicted octanol–water partition coefficient (Wildman–Crippen LogP) is 3.56. The van der Waals surface area contributed by atoms with E-state index >= 15 is 0 Å². The van der Waals surface area contributed by atoms with Crippen LogP contribution < -0.4 is 16.2 Å². The van der Waals surface area contributed by atoms with Crippen LogP contribution >= 0.6 is 23.6 Å². The first-order valence-corrected chi connectivity index (χ1v) is 9.78. The highest BCUT2D eigenvalue weighted by molar-refractivity contribution is 7.80. The molecule has 1 heterocycles. The average molecular weight is 354 g/mol. The van der Waals surface area contributed by atoms with Crippen molar-refractivity contribution in [3.8, 4) is 0 Å². The van der Waals surface area contributed by atoms with Gasteiger partial charge in [-0.15, -0.1) is 11.3 Å². The van der Waals surface area contributed by atoms with Gasteiger partial charge in [-0.2, -0.15) is 0 Å². The Morgan fingerprint density at radius 2 is 2.17 bits per heavy atom. The number of hydrogen-bond donors (Lipinski definition) is 3. The Morgan fingerprint density at radius 3 is 2.91 bits per heavy atom. The fourth-order valence-electron chi connectivity index (χ4n) is 2.77. The van der Waals surface area contributed by atoms with Gasteiger partial charge >= 0.3 is 0 Å². The van der Waals surface area contributed by atoms with E-state index in [1.165, 1.54) is 42.5 Å². The first-order valence-electron chi connectivity index (χ1n) is 8.56. The van der Waals surface area contributed by atoms with Crippen molar-refractivity contribution in [2.75, 3.05) is 6.54 Å². The Balaban J connectivity index is 1.64. The molecule has 3 N–H and O–H groups in total. The van der Waals surface area contributed by atoms with E-state index in [4.69, 9.17) is 12.2 Å². The third kappa shape index (κ3) is 5.77. The lowest BCUT2D eigenvalue weighted by molar-refractivity contribution is 0.0947. The summed E-state index contributed by atoms with van der Waals surface area (Å²) < 4.78 is 0. The molecule has 1 amide bonds. The van der Waals surface area contributed by atoms with E-state index < -0.39 is 0 Å². The maximum atomic E-state index is 12.1. The lowest BCUT2D eigenvalue weighted by Gasteiger charge is -2.15. The zero-order valence-electron chi connectivity index (χ0n) is 14.0. The number of thiophene rings is 1. The minimum atomic E-state index is -0.107. The molecule has 1 aliphatic carbocycles. The molecule has 2 rings (SSSR count). The zero-order chi connectivity index (χ0) is 16.7. The van der Waals surface area contributed by atoms with Crippen molar-refractivity contribution in [3.63, 3.8) is 0 Å². The number of carbonyl (C=O) groups is 1. The number of aryl methyl sites for hydroxylation is 2. The first kappa shape index (κ1) is 18.2.